The smallest absolute Gasteiger partial charge is 0.246 e. The number of carbonyl (C=O) groups is 1. The fourth-order valence-corrected chi connectivity index (χ4v) is 2.62. The molecule has 0 saturated carbocycles. The number of anilines is 2. The van der Waals surface area contributed by atoms with Crippen LogP contribution < -0.4 is 15.4 Å². The Balaban J connectivity index is 1.95. The first-order valence-corrected chi connectivity index (χ1v) is 9.29. The van der Waals surface area contributed by atoms with E-state index >= 15 is 0 Å². The summed E-state index contributed by atoms with van der Waals surface area (Å²) in [6.07, 6.45) is 2.98. The molecule has 0 spiro atoms. The van der Waals surface area contributed by atoms with Gasteiger partial charge in [-0.1, -0.05) is 19.1 Å². The summed E-state index contributed by atoms with van der Waals surface area (Å²) in [5, 5.41) is 6.15. The molecule has 1 unspecified atom stereocenters. The van der Waals surface area contributed by atoms with Gasteiger partial charge in [-0.2, -0.15) is 0 Å². The summed E-state index contributed by atoms with van der Waals surface area (Å²) >= 11 is 1.65. The summed E-state index contributed by atoms with van der Waals surface area (Å²) < 4.78 is 5.62. The summed E-state index contributed by atoms with van der Waals surface area (Å²) in [5.74, 6) is 0.732. The van der Waals surface area contributed by atoms with E-state index in [0.29, 0.717) is 6.61 Å². The average molecular weight is 344 g/mol. The van der Waals surface area contributed by atoms with Crippen LogP contribution in [-0.4, -0.2) is 24.8 Å². The maximum atomic E-state index is 12.4. The topological polar surface area (TPSA) is 50.4 Å². The van der Waals surface area contributed by atoms with Gasteiger partial charge in [0.2, 0.25) is 5.91 Å². The highest BCUT2D eigenvalue weighted by Gasteiger charge is 2.13. The first-order valence-electron chi connectivity index (χ1n) is 8.06. The maximum Gasteiger partial charge on any atom is 0.246 e. The lowest BCUT2D eigenvalue weighted by atomic mass is 10.2. The molecular weight excluding hydrogens is 320 g/mol. The normalized spacial score (nSPS) is 11.6. The van der Waals surface area contributed by atoms with Gasteiger partial charge in [-0.25, -0.2) is 0 Å². The molecule has 128 valence electrons. The van der Waals surface area contributed by atoms with Crippen molar-refractivity contribution in [1.82, 2.24) is 0 Å². The summed E-state index contributed by atoms with van der Waals surface area (Å²) in [6, 6.07) is 15.1. The molecule has 2 aromatic carbocycles. The number of thioether (sulfide) groups is 1. The monoisotopic (exact) mass is 344 g/mol. The van der Waals surface area contributed by atoms with Crippen molar-refractivity contribution in [2.24, 2.45) is 0 Å². The molecule has 1 atom stereocenters. The van der Waals surface area contributed by atoms with E-state index in [1.165, 1.54) is 0 Å². The fraction of sp³-hybridized carbons (Fsp3) is 0.316. The van der Waals surface area contributed by atoms with Gasteiger partial charge in [-0.15, -0.1) is 11.8 Å². The second-order valence-corrected chi connectivity index (χ2v) is 6.34. The van der Waals surface area contributed by atoms with E-state index in [0.717, 1.165) is 28.4 Å². The van der Waals surface area contributed by atoms with Crippen LogP contribution in [0.5, 0.6) is 5.75 Å². The minimum absolute atomic E-state index is 0.0758. The Labute approximate surface area is 148 Å². The van der Waals surface area contributed by atoms with Crippen molar-refractivity contribution in [3.63, 3.8) is 0 Å². The molecule has 0 heterocycles. The number of carbonyl (C=O) groups excluding carboxylic acids is 1. The first kappa shape index (κ1) is 18.2. The van der Waals surface area contributed by atoms with Gasteiger partial charge in [0, 0.05) is 22.3 Å². The molecule has 2 rings (SSSR count). The predicted molar refractivity (Wildman–Crippen MR) is 102 cm³/mol. The summed E-state index contributed by atoms with van der Waals surface area (Å²) in [7, 11) is 0. The third kappa shape index (κ3) is 5.49. The molecule has 2 aromatic rings. The van der Waals surface area contributed by atoms with Crippen LogP contribution in [0.15, 0.2) is 53.4 Å². The van der Waals surface area contributed by atoms with Crippen molar-refractivity contribution in [2.75, 3.05) is 23.5 Å². The van der Waals surface area contributed by atoms with Gasteiger partial charge in [-0.3, -0.25) is 4.79 Å². The molecule has 0 radical (unpaired) electrons. The molecule has 0 aromatic heterocycles. The van der Waals surface area contributed by atoms with Crippen LogP contribution in [0, 0.1) is 0 Å². The van der Waals surface area contributed by atoms with E-state index in [-0.39, 0.29) is 11.9 Å². The van der Waals surface area contributed by atoms with E-state index in [1.807, 2.05) is 61.7 Å². The zero-order valence-electron chi connectivity index (χ0n) is 14.3. The lowest BCUT2D eigenvalue weighted by Gasteiger charge is -2.16. The van der Waals surface area contributed by atoms with Crippen LogP contribution in [0.4, 0.5) is 11.4 Å². The number of benzene rings is 2. The molecule has 2 N–H and O–H groups in total. The van der Waals surface area contributed by atoms with E-state index in [2.05, 4.69) is 17.6 Å². The fourth-order valence-electron chi connectivity index (χ4n) is 2.16. The standard InChI is InChI=1S/C19H24N2O2S/c1-4-11-23-17-9-5-7-15(12-17)20-14(2)19(22)21-16-8-6-10-18(13-16)24-3/h5-10,12-14,20H,4,11H2,1-3H3,(H,21,22). The molecule has 5 heteroatoms. The van der Waals surface area contributed by atoms with E-state index in [9.17, 15) is 4.79 Å². The van der Waals surface area contributed by atoms with Crippen LogP contribution in [0.3, 0.4) is 0 Å². The Morgan fingerprint density at radius 3 is 2.67 bits per heavy atom. The Kier molecular flexibility index (Phi) is 7.00. The Morgan fingerprint density at radius 1 is 1.17 bits per heavy atom. The van der Waals surface area contributed by atoms with Gasteiger partial charge in [0.15, 0.2) is 0 Å². The van der Waals surface area contributed by atoms with Gasteiger partial charge < -0.3 is 15.4 Å². The molecule has 24 heavy (non-hydrogen) atoms. The molecule has 0 aliphatic rings. The van der Waals surface area contributed by atoms with Crippen molar-refractivity contribution in [1.29, 1.82) is 0 Å². The zero-order valence-corrected chi connectivity index (χ0v) is 15.2. The lowest BCUT2D eigenvalue weighted by molar-refractivity contribution is -0.116. The second-order valence-electron chi connectivity index (χ2n) is 5.46. The van der Waals surface area contributed by atoms with Crippen molar-refractivity contribution >= 4 is 29.0 Å². The summed E-state index contributed by atoms with van der Waals surface area (Å²) in [5.41, 5.74) is 1.67. The van der Waals surface area contributed by atoms with Crippen LogP contribution in [0.1, 0.15) is 20.3 Å². The SMILES string of the molecule is CCCOc1cccc(NC(C)C(=O)Nc2cccc(SC)c2)c1. The van der Waals surface area contributed by atoms with E-state index in [1.54, 1.807) is 11.8 Å². The quantitative estimate of drug-likeness (QED) is 0.685. The van der Waals surface area contributed by atoms with Crippen molar-refractivity contribution in [2.45, 2.75) is 31.2 Å². The summed E-state index contributed by atoms with van der Waals surface area (Å²) in [6.45, 7) is 4.60. The highest BCUT2D eigenvalue weighted by molar-refractivity contribution is 7.98. The number of amides is 1. The average Bonchev–Trinajstić information content (AvgIpc) is 2.60. The molecular formula is C19H24N2O2S. The van der Waals surface area contributed by atoms with Crippen LogP contribution in [0.25, 0.3) is 0 Å². The predicted octanol–water partition coefficient (Wildman–Crippen LogP) is 4.64. The van der Waals surface area contributed by atoms with Gasteiger partial charge in [0.1, 0.15) is 11.8 Å². The Bertz CT molecular complexity index is 676. The zero-order chi connectivity index (χ0) is 17.4. The summed E-state index contributed by atoms with van der Waals surface area (Å²) in [4.78, 5) is 13.5. The minimum Gasteiger partial charge on any atom is -0.494 e. The number of hydrogen-bond acceptors (Lipinski definition) is 4. The Hall–Kier alpha value is -2.14. The molecule has 1 amide bonds. The molecule has 0 aliphatic carbocycles. The molecule has 0 bridgehead atoms. The highest BCUT2D eigenvalue weighted by Crippen LogP contribution is 2.20. The van der Waals surface area contributed by atoms with Crippen molar-refractivity contribution in [3.8, 4) is 5.75 Å². The molecule has 4 nitrogen and oxygen atoms in total. The van der Waals surface area contributed by atoms with Gasteiger partial charge in [0.25, 0.3) is 0 Å². The number of rotatable bonds is 8. The number of ether oxygens (including phenoxy) is 1. The van der Waals surface area contributed by atoms with Crippen LogP contribution in [0.2, 0.25) is 0 Å². The Morgan fingerprint density at radius 2 is 1.92 bits per heavy atom. The third-order valence-corrected chi connectivity index (χ3v) is 4.15. The number of hydrogen-bond donors (Lipinski definition) is 2. The van der Waals surface area contributed by atoms with Gasteiger partial charge >= 0.3 is 0 Å². The van der Waals surface area contributed by atoms with E-state index < -0.39 is 0 Å². The van der Waals surface area contributed by atoms with Crippen LogP contribution in [-0.2, 0) is 4.79 Å². The number of nitrogens with one attached hydrogen (secondary N) is 2. The molecule has 0 saturated heterocycles. The van der Waals surface area contributed by atoms with Crippen LogP contribution >= 0.6 is 11.8 Å². The maximum absolute atomic E-state index is 12.4. The third-order valence-electron chi connectivity index (χ3n) is 3.42. The minimum atomic E-state index is -0.357. The first-order chi connectivity index (χ1) is 11.6. The molecule has 0 fully saturated rings. The van der Waals surface area contributed by atoms with Crippen molar-refractivity contribution < 1.29 is 9.53 Å². The molecule has 0 aliphatic heterocycles. The van der Waals surface area contributed by atoms with Gasteiger partial charge in [0.05, 0.1) is 6.61 Å². The lowest BCUT2D eigenvalue weighted by Crippen LogP contribution is -2.31. The van der Waals surface area contributed by atoms with Crippen molar-refractivity contribution in [3.05, 3.63) is 48.5 Å². The van der Waals surface area contributed by atoms with E-state index in [4.69, 9.17) is 4.74 Å². The van der Waals surface area contributed by atoms with Gasteiger partial charge in [-0.05, 0) is 49.9 Å². The largest absolute Gasteiger partial charge is 0.494 e. The second kappa shape index (κ2) is 9.23. The highest BCUT2D eigenvalue weighted by atomic mass is 32.2.